The van der Waals surface area contributed by atoms with Gasteiger partial charge in [-0.15, -0.1) is 0 Å². The minimum absolute atomic E-state index is 0.120. The summed E-state index contributed by atoms with van der Waals surface area (Å²) >= 11 is 0. The van der Waals surface area contributed by atoms with Crippen molar-refractivity contribution in [3.05, 3.63) is 36.0 Å². The van der Waals surface area contributed by atoms with Crippen LogP contribution in [-0.2, 0) is 23.1 Å². The van der Waals surface area contributed by atoms with Crippen LogP contribution in [0.1, 0.15) is 30.3 Å². The number of nitrogens with one attached hydrogen (secondary N) is 2. The molecule has 114 valence electrons. The summed E-state index contributed by atoms with van der Waals surface area (Å²) in [5.74, 6) is 0. The van der Waals surface area contributed by atoms with Crippen LogP contribution in [0.5, 0.6) is 0 Å². The topological polar surface area (TPSA) is 89.2 Å². The van der Waals surface area contributed by atoms with E-state index in [9.17, 15) is 8.42 Å². The Hall–Kier alpha value is -1.64. The van der Waals surface area contributed by atoms with Gasteiger partial charge in [0, 0.05) is 30.5 Å². The maximum atomic E-state index is 12.3. The minimum Gasteiger partial charge on any atom is -0.364 e. The maximum Gasteiger partial charge on any atom is 0.242 e. The van der Waals surface area contributed by atoms with Crippen molar-refractivity contribution in [1.82, 2.24) is 19.8 Å². The highest BCUT2D eigenvalue weighted by molar-refractivity contribution is 7.89. The van der Waals surface area contributed by atoms with Gasteiger partial charge in [0.05, 0.1) is 17.1 Å². The van der Waals surface area contributed by atoms with Crippen LogP contribution >= 0.6 is 0 Å². The van der Waals surface area contributed by atoms with Crippen LogP contribution in [0.4, 0.5) is 0 Å². The van der Waals surface area contributed by atoms with E-state index in [0.717, 1.165) is 18.5 Å². The van der Waals surface area contributed by atoms with Crippen LogP contribution in [0.2, 0.25) is 0 Å². The van der Waals surface area contributed by atoms with E-state index in [4.69, 9.17) is 0 Å². The van der Waals surface area contributed by atoms with Crippen molar-refractivity contribution in [2.45, 2.75) is 36.9 Å². The van der Waals surface area contributed by atoms with Crippen molar-refractivity contribution < 1.29 is 12.9 Å². The van der Waals surface area contributed by atoms with Crippen LogP contribution in [0.3, 0.4) is 0 Å². The second-order valence-electron chi connectivity index (χ2n) is 5.15. The molecule has 7 nitrogen and oxygen atoms in total. The largest absolute Gasteiger partial charge is 0.364 e. The Balaban J connectivity index is 1.79. The molecule has 21 heavy (non-hydrogen) atoms. The van der Waals surface area contributed by atoms with Gasteiger partial charge in [0.1, 0.15) is 6.26 Å². The second-order valence-corrected chi connectivity index (χ2v) is 6.92. The third kappa shape index (κ3) is 3.17. The lowest BCUT2D eigenvalue weighted by Gasteiger charge is -2.05. The lowest BCUT2D eigenvalue weighted by atomic mass is 10.4. The monoisotopic (exact) mass is 310 g/mol. The Bertz CT molecular complexity index is 702. The zero-order valence-corrected chi connectivity index (χ0v) is 12.6. The third-order valence-electron chi connectivity index (χ3n) is 3.45. The average molecular weight is 310 g/mol. The third-order valence-corrected chi connectivity index (χ3v) is 4.82. The number of aromatic nitrogens is 2. The minimum atomic E-state index is -3.54. The molecule has 2 aromatic heterocycles. The molecule has 0 amide bonds. The van der Waals surface area contributed by atoms with Crippen molar-refractivity contribution in [3.63, 3.8) is 0 Å². The summed E-state index contributed by atoms with van der Waals surface area (Å²) in [5, 5.41) is 6.75. The SMILES string of the molecule is CNCc1cc(S(=O)(=O)NCc2ccon2)cn1C1CC1. The van der Waals surface area contributed by atoms with Gasteiger partial charge in [0.2, 0.25) is 10.0 Å². The summed E-state index contributed by atoms with van der Waals surface area (Å²) in [7, 11) is -1.69. The first-order chi connectivity index (χ1) is 10.1. The van der Waals surface area contributed by atoms with Crippen LogP contribution in [-0.4, -0.2) is 25.2 Å². The Kier molecular flexibility index (Phi) is 3.83. The molecule has 0 aliphatic heterocycles. The fourth-order valence-electron chi connectivity index (χ4n) is 2.24. The molecule has 0 atom stereocenters. The molecule has 1 aliphatic rings. The summed E-state index contributed by atoms with van der Waals surface area (Å²) < 4.78 is 33.9. The summed E-state index contributed by atoms with van der Waals surface area (Å²) in [4.78, 5) is 0.295. The van der Waals surface area contributed by atoms with E-state index in [2.05, 4.69) is 24.3 Å². The van der Waals surface area contributed by atoms with Gasteiger partial charge < -0.3 is 14.4 Å². The first-order valence-corrected chi connectivity index (χ1v) is 8.33. The maximum absolute atomic E-state index is 12.3. The van der Waals surface area contributed by atoms with E-state index in [1.807, 2.05) is 7.05 Å². The van der Waals surface area contributed by atoms with Crippen molar-refractivity contribution >= 4 is 10.0 Å². The quantitative estimate of drug-likeness (QED) is 0.796. The molecule has 0 saturated heterocycles. The van der Waals surface area contributed by atoms with E-state index in [1.165, 1.54) is 6.26 Å². The standard InChI is InChI=1S/C13H18N4O3S/c1-14-8-12-6-13(9-17(12)11-2-3-11)21(18,19)15-7-10-4-5-20-16-10/h4-6,9,11,14-15H,2-3,7-8H2,1H3. The Morgan fingerprint density at radius 3 is 2.86 bits per heavy atom. The van der Waals surface area contributed by atoms with Gasteiger partial charge in [-0.1, -0.05) is 5.16 Å². The van der Waals surface area contributed by atoms with Gasteiger partial charge >= 0.3 is 0 Å². The molecule has 3 rings (SSSR count). The molecular weight excluding hydrogens is 292 g/mol. The van der Waals surface area contributed by atoms with Crippen LogP contribution in [0.25, 0.3) is 0 Å². The molecule has 0 aromatic carbocycles. The smallest absolute Gasteiger partial charge is 0.242 e. The van der Waals surface area contributed by atoms with Gasteiger partial charge in [0.15, 0.2) is 0 Å². The molecular formula is C13H18N4O3S. The van der Waals surface area contributed by atoms with Crippen LogP contribution < -0.4 is 10.0 Å². The van der Waals surface area contributed by atoms with Gasteiger partial charge in [-0.3, -0.25) is 0 Å². The number of hydrogen-bond donors (Lipinski definition) is 2. The van der Waals surface area contributed by atoms with Gasteiger partial charge in [-0.2, -0.15) is 0 Å². The summed E-state index contributed by atoms with van der Waals surface area (Å²) in [5.41, 5.74) is 1.54. The summed E-state index contributed by atoms with van der Waals surface area (Å²) in [6.07, 6.45) is 5.35. The zero-order valence-electron chi connectivity index (χ0n) is 11.7. The lowest BCUT2D eigenvalue weighted by molar-refractivity contribution is 0.411. The molecule has 2 aromatic rings. The van der Waals surface area contributed by atoms with Crippen molar-refractivity contribution in [3.8, 4) is 0 Å². The predicted octanol–water partition coefficient (Wildman–Crippen LogP) is 1.01. The molecule has 1 fully saturated rings. The van der Waals surface area contributed by atoms with E-state index in [1.54, 1.807) is 18.3 Å². The summed E-state index contributed by atoms with van der Waals surface area (Å²) in [6.45, 7) is 0.768. The summed E-state index contributed by atoms with van der Waals surface area (Å²) in [6, 6.07) is 3.79. The highest BCUT2D eigenvalue weighted by Gasteiger charge is 2.28. The van der Waals surface area contributed by atoms with E-state index >= 15 is 0 Å². The Labute approximate surface area is 123 Å². The normalized spacial score (nSPS) is 15.5. The van der Waals surface area contributed by atoms with E-state index in [0.29, 0.717) is 23.2 Å². The number of hydrogen-bond acceptors (Lipinski definition) is 5. The number of sulfonamides is 1. The molecule has 0 radical (unpaired) electrons. The van der Waals surface area contributed by atoms with Crippen molar-refractivity contribution in [2.24, 2.45) is 0 Å². The highest BCUT2D eigenvalue weighted by atomic mass is 32.2. The van der Waals surface area contributed by atoms with E-state index < -0.39 is 10.0 Å². The predicted molar refractivity (Wildman–Crippen MR) is 76.0 cm³/mol. The number of nitrogens with zero attached hydrogens (tertiary/aromatic N) is 2. The first-order valence-electron chi connectivity index (χ1n) is 6.84. The van der Waals surface area contributed by atoms with Crippen molar-refractivity contribution in [1.29, 1.82) is 0 Å². The van der Waals surface area contributed by atoms with Crippen molar-refractivity contribution in [2.75, 3.05) is 7.05 Å². The molecule has 2 N–H and O–H groups in total. The molecule has 0 unspecified atom stereocenters. The first kappa shape index (κ1) is 14.3. The fourth-order valence-corrected chi connectivity index (χ4v) is 3.29. The van der Waals surface area contributed by atoms with Crippen LogP contribution in [0.15, 0.2) is 34.0 Å². The molecule has 0 spiro atoms. The second kappa shape index (κ2) is 5.63. The average Bonchev–Trinajstić information content (AvgIpc) is 3.00. The van der Waals surface area contributed by atoms with Gasteiger partial charge in [0.25, 0.3) is 0 Å². The molecule has 8 heteroatoms. The zero-order chi connectivity index (χ0) is 14.9. The molecule has 1 saturated carbocycles. The van der Waals surface area contributed by atoms with Gasteiger partial charge in [-0.25, -0.2) is 13.1 Å². The molecule has 2 heterocycles. The van der Waals surface area contributed by atoms with Gasteiger partial charge in [-0.05, 0) is 26.0 Å². The molecule has 1 aliphatic carbocycles. The Morgan fingerprint density at radius 1 is 1.43 bits per heavy atom. The highest BCUT2D eigenvalue weighted by Crippen LogP contribution is 2.37. The van der Waals surface area contributed by atoms with Crippen LogP contribution in [0, 0.1) is 0 Å². The number of rotatable bonds is 7. The van der Waals surface area contributed by atoms with E-state index in [-0.39, 0.29) is 6.54 Å². The lowest BCUT2D eigenvalue weighted by Crippen LogP contribution is -2.23. The Morgan fingerprint density at radius 2 is 2.24 bits per heavy atom. The molecule has 0 bridgehead atoms. The fraction of sp³-hybridized carbons (Fsp3) is 0.462.